The van der Waals surface area contributed by atoms with Crippen molar-refractivity contribution in [3.8, 4) is 0 Å². The number of amides is 3. The second-order valence-electron chi connectivity index (χ2n) is 13.3. The van der Waals surface area contributed by atoms with E-state index in [-0.39, 0.29) is 29.6 Å². The van der Waals surface area contributed by atoms with Crippen LogP contribution in [0.1, 0.15) is 80.8 Å². The zero-order chi connectivity index (χ0) is 31.6. The Bertz CT molecular complexity index is 1450. The van der Waals surface area contributed by atoms with Gasteiger partial charge in [0, 0.05) is 65.8 Å². The van der Waals surface area contributed by atoms with Crippen molar-refractivity contribution in [2.75, 3.05) is 26.2 Å². The average Bonchev–Trinajstić information content (AvgIpc) is 3.54. The van der Waals surface area contributed by atoms with Gasteiger partial charge in [-0.1, -0.05) is 36.9 Å². The largest absolute Gasteiger partial charge is 0.354 e. The van der Waals surface area contributed by atoms with Crippen LogP contribution in [0.2, 0.25) is 5.02 Å². The highest BCUT2D eigenvalue weighted by Gasteiger charge is 2.41. The molecule has 0 radical (unpaired) electrons. The molecule has 240 valence electrons. The summed E-state index contributed by atoms with van der Waals surface area (Å²) in [6.45, 7) is 6.22. The first-order valence-electron chi connectivity index (χ1n) is 16.2. The Morgan fingerprint density at radius 2 is 1.89 bits per heavy atom. The Labute approximate surface area is 279 Å². The summed E-state index contributed by atoms with van der Waals surface area (Å²) in [6.07, 6.45) is 15.3. The molecule has 6 rings (SSSR count). The second kappa shape index (κ2) is 13.8. The number of carbonyl (C=O) groups excluding carboxylic acids is 2. The minimum atomic E-state index is -0.642. The summed E-state index contributed by atoms with van der Waals surface area (Å²) in [4.78, 5) is 41.0. The van der Waals surface area contributed by atoms with Gasteiger partial charge < -0.3 is 20.1 Å². The Hall–Kier alpha value is -2.95. The number of aromatic nitrogens is 3. The SMILES string of the molecule is CC(C)(CCNC(=O)C1CN(C2c3ccc(Cl)cc3CCc3cc(Br)cnc32)CCN1C(=O)NC1CCCCC1)n1ccnc1. The molecule has 1 aromatic carbocycles. The highest BCUT2D eigenvalue weighted by molar-refractivity contribution is 9.10. The minimum Gasteiger partial charge on any atom is -0.354 e. The minimum absolute atomic E-state index is 0.131. The van der Waals surface area contributed by atoms with Crippen LogP contribution in [0.15, 0.2) is 53.7 Å². The predicted octanol–water partition coefficient (Wildman–Crippen LogP) is 5.85. The van der Waals surface area contributed by atoms with Crippen LogP contribution in [-0.4, -0.2) is 74.5 Å². The molecule has 0 bridgehead atoms. The molecule has 11 heteroatoms. The van der Waals surface area contributed by atoms with Crippen molar-refractivity contribution in [3.05, 3.63) is 81.1 Å². The number of carbonyl (C=O) groups is 2. The standard InChI is InChI=1S/C34H43BrClN7O2/c1-34(2,42-15-14-37-22-42)12-13-38-32(44)29-21-41(16-17-43(29)33(45)40-27-6-4-3-5-7-27)31-28-11-10-26(36)19-23(28)8-9-24-18-25(35)20-39-30(24)31/h10-11,14-15,18-20,22,27,29,31H,3-9,12-13,16-17,21H2,1-2H3,(H,38,44)(H,40,45). The van der Waals surface area contributed by atoms with Crippen molar-refractivity contribution < 1.29 is 9.59 Å². The Balaban J connectivity index is 1.27. The molecule has 3 aliphatic rings. The molecule has 2 aliphatic carbocycles. The molecule has 2 atom stereocenters. The number of rotatable bonds is 7. The number of fused-ring (bicyclic) bond motifs is 2. The van der Waals surface area contributed by atoms with E-state index in [1.165, 1.54) is 17.5 Å². The van der Waals surface area contributed by atoms with Crippen LogP contribution in [-0.2, 0) is 23.2 Å². The first-order valence-corrected chi connectivity index (χ1v) is 17.4. The van der Waals surface area contributed by atoms with E-state index >= 15 is 0 Å². The van der Waals surface area contributed by atoms with E-state index in [2.05, 4.69) is 73.1 Å². The van der Waals surface area contributed by atoms with Crippen LogP contribution in [0.25, 0.3) is 0 Å². The van der Waals surface area contributed by atoms with Gasteiger partial charge >= 0.3 is 6.03 Å². The van der Waals surface area contributed by atoms with Crippen LogP contribution < -0.4 is 10.6 Å². The molecule has 3 aromatic rings. The number of nitrogens with one attached hydrogen (secondary N) is 2. The van der Waals surface area contributed by atoms with Gasteiger partial charge in [-0.25, -0.2) is 9.78 Å². The van der Waals surface area contributed by atoms with Crippen molar-refractivity contribution in [1.29, 1.82) is 0 Å². The number of hydrogen-bond acceptors (Lipinski definition) is 5. The maximum absolute atomic E-state index is 14.0. The fourth-order valence-corrected chi connectivity index (χ4v) is 7.72. The highest BCUT2D eigenvalue weighted by Crippen LogP contribution is 2.38. The van der Waals surface area contributed by atoms with Crippen LogP contribution in [0.5, 0.6) is 0 Å². The molecule has 2 N–H and O–H groups in total. The molecular formula is C34H43BrClN7O2. The van der Waals surface area contributed by atoms with Gasteiger partial charge in [0.15, 0.2) is 0 Å². The quantitative estimate of drug-likeness (QED) is 0.323. The summed E-state index contributed by atoms with van der Waals surface area (Å²) in [5.41, 5.74) is 4.33. The van der Waals surface area contributed by atoms with Gasteiger partial charge in [-0.05, 0) is 96.8 Å². The number of halogens is 2. The van der Waals surface area contributed by atoms with E-state index < -0.39 is 6.04 Å². The van der Waals surface area contributed by atoms with Gasteiger partial charge in [-0.2, -0.15) is 0 Å². The van der Waals surface area contributed by atoms with Crippen molar-refractivity contribution >= 4 is 39.5 Å². The number of pyridine rings is 1. The molecule has 45 heavy (non-hydrogen) atoms. The molecule has 9 nitrogen and oxygen atoms in total. The molecular weight excluding hydrogens is 654 g/mol. The zero-order valence-corrected chi connectivity index (χ0v) is 28.5. The molecule has 2 unspecified atom stereocenters. The van der Waals surface area contributed by atoms with Gasteiger partial charge in [0.25, 0.3) is 0 Å². The fraction of sp³-hybridized carbons (Fsp3) is 0.529. The molecule has 1 saturated heterocycles. The van der Waals surface area contributed by atoms with E-state index in [9.17, 15) is 9.59 Å². The van der Waals surface area contributed by atoms with E-state index in [4.69, 9.17) is 16.6 Å². The summed E-state index contributed by atoms with van der Waals surface area (Å²) in [5.74, 6) is -0.131. The first-order chi connectivity index (χ1) is 21.7. The number of imidazole rings is 1. The lowest BCUT2D eigenvalue weighted by Crippen LogP contribution is -2.63. The molecule has 2 fully saturated rings. The monoisotopic (exact) mass is 695 g/mol. The van der Waals surface area contributed by atoms with Gasteiger partial charge in [0.05, 0.1) is 18.1 Å². The number of piperazine rings is 1. The van der Waals surface area contributed by atoms with Crippen molar-refractivity contribution in [1.82, 2.24) is 35.0 Å². The van der Waals surface area contributed by atoms with E-state index in [0.717, 1.165) is 60.7 Å². The van der Waals surface area contributed by atoms with E-state index in [1.807, 2.05) is 18.5 Å². The van der Waals surface area contributed by atoms with Crippen LogP contribution in [0.3, 0.4) is 0 Å². The number of hydrogen-bond donors (Lipinski definition) is 2. The Morgan fingerprint density at radius 1 is 1.09 bits per heavy atom. The first kappa shape index (κ1) is 32.0. The number of aryl methyl sites for hydroxylation is 2. The van der Waals surface area contributed by atoms with Crippen LogP contribution in [0.4, 0.5) is 4.79 Å². The summed E-state index contributed by atoms with van der Waals surface area (Å²) in [7, 11) is 0. The number of nitrogens with zero attached hydrogens (tertiary/aromatic N) is 5. The number of benzene rings is 1. The summed E-state index contributed by atoms with van der Waals surface area (Å²) in [6, 6.07) is 7.49. The van der Waals surface area contributed by atoms with Crippen LogP contribution >= 0.6 is 27.5 Å². The third-order valence-corrected chi connectivity index (χ3v) is 10.5. The topological polar surface area (TPSA) is 95.4 Å². The number of urea groups is 1. The molecule has 1 saturated carbocycles. The predicted molar refractivity (Wildman–Crippen MR) is 179 cm³/mol. The second-order valence-corrected chi connectivity index (χ2v) is 14.6. The fourth-order valence-electron chi connectivity index (χ4n) is 7.15. The highest BCUT2D eigenvalue weighted by atomic mass is 79.9. The molecule has 3 heterocycles. The lowest BCUT2D eigenvalue weighted by atomic mass is 9.94. The lowest BCUT2D eigenvalue weighted by Gasteiger charge is -2.44. The summed E-state index contributed by atoms with van der Waals surface area (Å²) >= 11 is 10.1. The van der Waals surface area contributed by atoms with Gasteiger partial charge in [-0.15, -0.1) is 0 Å². The zero-order valence-electron chi connectivity index (χ0n) is 26.1. The van der Waals surface area contributed by atoms with Gasteiger partial charge in [0.1, 0.15) is 6.04 Å². The molecule has 1 aliphatic heterocycles. The molecule has 0 spiro atoms. The van der Waals surface area contributed by atoms with E-state index in [1.54, 1.807) is 17.4 Å². The molecule has 3 amide bonds. The third-order valence-electron chi connectivity index (χ3n) is 9.80. The third kappa shape index (κ3) is 7.23. The van der Waals surface area contributed by atoms with Gasteiger partial charge in [-0.3, -0.25) is 14.7 Å². The van der Waals surface area contributed by atoms with Crippen molar-refractivity contribution in [2.45, 2.75) is 88.9 Å². The lowest BCUT2D eigenvalue weighted by molar-refractivity contribution is -0.127. The summed E-state index contributed by atoms with van der Waals surface area (Å²) in [5, 5.41) is 7.17. The van der Waals surface area contributed by atoms with Crippen LogP contribution in [0, 0.1) is 0 Å². The van der Waals surface area contributed by atoms with Gasteiger partial charge in [0.2, 0.25) is 5.91 Å². The Kier molecular flexibility index (Phi) is 9.82. The normalized spacial score (nSPS) is 21.0. The Morgan fingerprint density at radius 3 is 2.67 bits per heavy atom. The maximum atomic E-state index is 14.0. The van der Waals surface area contributed by atoms with E-state index in [0.29, 0.717) is 31.2 Å². The maximum Gasteiger partial charge on any atom is 0.318 e. The van der Waals surface area contributed by atoms with Crippen molar-refractivity contribution in [2.24, 2.45) is 0 Å². The molecule has 2 aromatic heterocycles. The smallest absolute Gasteiger partial charge is 0.318 e. The average molecular weight is 697 g/mol. The van der Waals surface area contributed by atoms with Crippen molar-refractivity contribution in [3.63, 3.8) is 0 Å². The summed E-state index contributed by atoms with van der Waals surface area (Å²) < 4.78 is 3.01.